The smallest absolute Gasteiger partial charge is 0.407 e. The summed E-state index contributed by atoms with van der Waals surface area (Å²) in [5.74, 6) is -1.19. The number of unbranched alkanes of at least 4 members (excludes halogenated alkanes) is 2. The number of amides is 2. The summed E-state index contributed by atoms with van der Waals surface area (Å²) in [6.45, 7) is 0.676. The number of benzene rings is 3. The van der Waals surface area contributed by atoms with Crippen LogP contribution < -0.4 is 5.32 Å². The van der Waals surface area contributed by atoms with Gasteiger partial charge < -0.3 is 20.1 Å². The Morgan fingerprint density at radius 1 is 0.811 bits per heavy atom. The fourth-order valence-corrected chi connectivity index (χ4v) is 4.78. The van der Waals surface area contributed by atoms with Crippen LogP contribution in [-0.4, -0.2) is 47.7 Å². The van der Waals surface area contributed by atoms with Gasteiger partial charge in [0.05, 0.1) is 0 Å². The molecular weight excluding hydrogens is 468 g/mol. The molecule has 0 heterocycles. The molecule has 3 aromatic rings. The van der Waals surface area contributed by atoms with Crippen molar-refractivity contribution in [2.75, 3.05) is 19.7 Å². The normalized spacial score (nSPS) is 11.9. The first-order chi connectivity index (χ1) is 18.0. The zero-order chi connectivity index (χ0) is 26.0. The molecule has 0 saturated heterocycles. The molecule has 0 fully saturated rings. The highest BCUT2D eigenvalue weighted by Crippen LogP contribution is 2.44. The van der Waals surface area contributed by atoms with E-state index in [1.54, 1.807) is 0 Å². The third-order valence-electron chi connectivity index (χ3n) is 6.58. The van der Waals surface area contributed by atoms with Gasteiger partial charge in [-0.2, -0.15) is 0 Å². The van der Waals surface area contributed by atoms with Gasteiger partial charge in [-0.25, -0.2) is 4.79 Å². The van der Waals surface area contributed by atoms with Crippen molar-refractivity contribution in [2.24, 2.45) is 0 Å². The maximum absolute atomic E-state index is 12.6. The summed E-state index contributed by atoms with van der Waals surface area (Å²) in [7, 11) is 0. The van der Waals surface area contributed by atoms with Gasteiger partial charge in [0.15, 0.2) is 0 Å². The summed E-state index contributed by atoms with van der Waals surface area (Å²) in [6, 6.07) is 25.8. The van der Waals surface area contributed by atoms with Crippen molar-refractivity contribution in [3.63, 3.8) is 0 Å². The van der Waals surface area contributed by atoms with Gasteiger partial charge >= 0.3 is 12.1 Å². The number of carboxylic acids is 1. The van der Waals surface area contributed by atoms with Crippen LogP contribution in [0.5, 0.6) is 0 Å². The summed E-state index contributed by atoms with van der Waals surface area (Å²) >= 11 is 0. The van der Waals surface area contributed by atoms with Crippen LogP contribution in [0.2, 0.25) is 0 Å². The molecule has 0 bridgehead atoms. The van der Waals surface area contributed by atoms with Gasteiger partial charge in [0.25, 0.3) is 0 Å². The first-order valence-corrected chi connectivity index (χ1v) is 12.7. The molecule has 0 saturated carbocycles. The molecule has 7 heteroatoms. The Kier molecular flexibility index (Phi) is 8.92. The van der Waals surface area contributed by atoms with Gasteiger partial charge in [-0.1, -0.05) is 85.3 Å². The average molecular weight is 501 g/mol. The molecule has 192 valence electrons. The van der Waals surface area contributed by atoms with Crippen LogP contribution >= 0.6 is 0 Å². The van der Waals surface area contributed by atoms with E-state index in [0.717, 1.165) is 12.0 Å². The molecular formula is C30H32N2O5. The lowest BCUT2D eigenvalue weighted by molar-refractivity contribution is -0.145. The van der Waals surface area contributed by atoms with Gasteiger partial charge in [0, 0.05) is 25.4 Å². The highest BCUT2D eigenvalue weighted by molar-refractivity contribution is 5.81. The van der Waals surface area contributed by atoms with Gasteiger partial charge in [-0.15, -0.1) is 0 Å². The summed E-state index contributed by atoms with van der Waals surface area (Å²) in [4.78, 5) is 37.4. The standard InChI is InChI=1S/C30H32N2O5/c33-28(32(20-29(34)35)19-22-11-3-1-4-12-22)17-5-2-10-18-31-30(36)37-21-27-25-15-8-6-13-23(25)24-14-7-9-16-26(24)27/h1,3-4,6-9,11-16,27H,2,5,10,17-21H2,(H,31,36)(H,34,35). The molecule has 2 N–H and O–H groups in total. The maximum Gasteiger partial charge on any atom is 0.407 e. The number of hydrogen-bond donors (Lipinski definition) is 2. The fourth-order valence-electron chi connectivity index (χ4n) is 4.78. The molecule has 1 aliphatic rings. The minimum absolute atomic E-state index is 0.0220. The Labute approximate surface area is 217 Å². The van der Waals surface area contributed by atoms with Gasteiger partial charge in [-0.3, -0.25) is 9.59 Å². The lowest BCUT2D eigenvalue weighted by atomic mass is 9.98. The van der Waals surface area contributed by atoms with E-state index in [1.807, 2.05) is 54.6 Å². The molecule has 0 aromatic heterocycles. The van der Waals surface area contributed by atoms with Crippen molar-refractivity contribution in [3.05, 3.63) is 95.6 Å². The quantitative estimate of drug-likeness (QED) is 0.333. The molecule has 37 heavy (non-hydrogen) atoms. The molecule has 3 aromatic carbocycles. The largest absolute Gasteiger partial charge is 0.480 e. The van der Waals surface area contributed by atoms with Crippen molar-refractivity contribution in [3.8, 4) is 11.1 Å². The van der Waals surface area contributed by atoms with Crippen LogP contribution in [0, 0.1) is 0 Å². The third-order valence-corrected chi connectivity index (χ3v) is 6.58. The van der Waals surface area contributed by atoms with Crippen molar-refractivity contribution < 1.29 is 24.2 Å². The third kappa shape index (κ3) is 6.97. The summed E-state index contributed by atoms with van der Waals surface area (Å²) < 4.78 is 5.54. The van der Waals surface area contributed by atoms with E-state index in [9.17, 15) is 14.4 Å². The van der Waals surface area contributed by atoms with Crippen molar-refractivity contribution in [1.82, 2.24) is 10.2 Å². The number of fused-ring (bicyclic) bond motifs is 3. The lowest BCUT2D eigenvalue weighted by Crippen LogP contribution is -2.35. The monoisotopic (exact) mass is 500 g/mol. The zero-order valence-electron chi connectivity index (χ0n) is 20.8. The topological polar surface area (TPSA) is 95.9 Å². The predicted molar refractivity (Wildman–Crippen MR) is 141 cm³/mol. The number of carbonyl (C=O) groups excluding carboxylic acids is 2. The number of ether oxygens (including phenoxy) is 1. The molecule has 4 rings (SSSR count). The second kappa shape index (κ2) is 12.7. The van der Waals surface area contributed by atoms with Crippen LogP contribution in [-0.2, 0) is 20.9 Å². The van der Waals surface area contributed by atoms with Crippen LogP contribution in [0.1, 0.15) is 48.3 Å². The molecule has 0 unspecified atom stereocenters. The van der Waals surface area contributed by atoms with E-state index < -0.39 is 12.1 Å². The second-order valence-electron chi connectivity index (χ2n) is 9.19. The Bertz CT molecular complexity index is 1180. The van der Waals surface area contributed by atoms with Crippen LogP contribution in [0.3, 0.4) is 0 Å². The van der Waals surface area contributed by atoms with Crippen LogP contribution in [0.25, 0.3) is 11.1 Å². The Hall–Kier alpha value is -4.13. The van der Waals surface area contributed by atoms with Crippen molar-refractivity contribution >= 4 is 18.0 Å². The number of hydrogen-bond acceptors (Lipinski definition) is 4. The van der Waals surface area contributed by atoms with E-state index >= 15 is 0 Å². The van der Waals surface area contributed by atoms with Gasteiger partial charge in [-0.05, 0) is 40.7 Å². The second-order valence-corrected chi connectivity index (χ2v) is 9.19. The number of aliphatic carboxylic acids is 1. The predicted octanol–water partition coefficient (Wildman–Crippen LogP) is 5.20. The minimum atomic E-state index is -1.03. The average Bonchev–Trinajstić information content (AvgIpc) is 3.23. The van der Waals surface area contributed by atoms with Crippen LogP contribution in [0.4, 0.5) is 4.79 Å². The van der Waals surface area contributed by atoms with E-state index in [-0.39, 0.29) is 37.9 Å². The highest BCUT2D eigenvalue weighted by atomic mass is 16.5. The zero-order valence-corrected chi connectivity index (χ0v) is 20.8. The molecule has 7 nitrogen and oxygen atoms in total. The molecule has 0 spiro atoms. The summed E-state index contributed by atoms with van der Waals surface area (Å²) in [6.07, 6.45) is 1.88. The number of carboxylic acid groups (broad SMARTS) is 1. The van der Waals surface area contributed by atoms with E-state index in [4.69, 9.17) is 9.84 Å². The number of rotatable bonds is 12. The van der Waals surface area contributed by atoms with E-state index in [2.05, 4.69) is 29.6 Å². The SMILES string of the molecule is O=C(O)CN(Cc1ccccc1)C(=O)CCCCCNC(=O)OCC1c2ccccc2-c2ccccc21. The molecule has 1 aliphatic carbocycles. The Morgan fingerprint density at radius 3 is 2.08 bits per heavy atom. The van der Waals surface area contributed by atoms with Crippen LogP contribution in [0.15, 0.2) is 78.9 Å². The van der Waals surface area contributed by atoms with E-state index in [1.165, 1.54) is 27.2 Å². The molecule has 0 aliphatic heterocycles. The molecule has 0 radical (unpaired) electrons. The van der Waals surface area contributed by atoms with Crippen molar-refractivity contribution in [2.45, 2.75) is 38.1 Å². The van der Waals surface area contributed by atoms with Gasteiger partial charge in [0.1, 0.15) is 13.2 Å². The lowest BCUT2D eigenvalue weighted by Gasteiger charge is -2.21. The minimum Gasteiger partial charge on any atom is -0.480 e. The van der Waals surface area contributed by atoms with Gasteiger partial charge in [0.2, 0.25) is 5.91 Å². The number of alkyl carbamates (subject to hydrolysis) is 1. The Morgan fingerprint density at radius 2 is 1.43 bits per heavy atom. The number of carbonyl (C=O) groups is 3. The molecule has 2 amide bonds. The summed E-state index contributed by atoms with van der Waals surface area (Å²) in [5, 5.41) is 12.0. The number of nitrogens with zero attached hydrogens (tertiary/aromatic N) is 1. The summed E-state index contributed by atoms with van der Waals surface area (Å²) in [5.41, 5.74) is 5.61. The molecule has 0 atom stereocenters. The highest BCUT2D eigenvalue weighted by Gasteiger charge is 2.28. The first-order valence-electron chi connectivity index (χ1n) is 12.7. The number of nitrogens with one attached hydrogen (secondary N) is 1. The first kappa shape index (κ1) is 25.9. The van der Waals surface area contributed by atoms with Crippen molar-refractivity contribution in [1.29, 1.82) is 0 Å². The Balaban J connectivity index is 1.15. The maximum atomic E-state index is 12.6. The fraction of sp³-hybridized carbons (Fsp3) is 0.300. The van der Waals surface area contributed by atoms with E-state index in [0.29, 0.717) is 19.4 Å².